The van der Waals surface area contributed by atoms with Crippen molar-refractivity contribution in [2.75, 3.05) is 0 Å². The Kier molecular flexibility index (Phi) is 4.31. The van der Waals surface area contributed by atoms with Crippen molar-refractivity contribution in [1.29, 1.82) is 0 Å². The van der Waals surface area contributed by atoms with Gasteiger partial charge in [-0.25, -0.2) is 0 Å². The van der Waals surface area contributed by atoms with Crippen LogP contribution in [0.3, 0.4) is 0 Å². The topological polar surface area (TPSA) is 9.23 Å². The minimum Gasteiger partial charge on any atom is -0.457 e. The molecule has 0 aromatic heterocycles. The molecule has 0 amide bonds. The fourth-order valence-electron chi connectivity index (χ4n) is 1.85. The lowest BCUT2D eigenvalue weighted by Gasteiger charge is -2.11. The van der Waals surface area contributed by atoms with E-state index in [1.807, 2.05) is 30.3 Å². The fourth-order valence-corrected chi connectivity index (χ4v) is 2.41. The van der Waals surface area contributed by atoms with Crippen molar-refractivity contribution in [2.24, 2.45) is 0 Å². The van der Waals surface area contributed by atoms with Crippen molar-refractivity contribution in [1.82, 2.24) is 0 Å². The van der Waals surface area contributed by atoms with Crippen LogP contribution >= 0.6 is 27.5 Å². The Morgan fingerprint density at radius 3 is 2.33 bits per heavy atom. The lowest BCUT2D eigenvalue weighted by atomic mass is 10.1. The Balaban J connectivity index is 2.35. The maximum Gasteiger partial charge on any atom is 0.132 e. The van der Waals surface area contributed by atoms with E-state index < -0.39 is 0 Å². The normalized spacial score (nSPS) is 10.4. The standard InChI is InChI=1S/C15H14BrClO/c1-10-5-11(2)7-14(6-10)18-15-8-13(16)4-3-12(15)9-17/h3-8H,9H2,1-2H3. The van der Waals surface area contributed by atoms with E-state index in [0.717, 1.165) is 21.5 Å². The van der Waals surface area contributed by atoms with Gasteiger partial charge in [0.25, 0.3) is 0 Å². The van der Waals surface area contributed by atoms with Gasteiger partial charge in [-0.1, -0.05) is 28.1 Å². The summed E-state index contributed by atoms with van der Waals surface area (Å²) >= 11 is 9.36. The molecular weight excluding hydrogens is 312 g/mol. The second-order valence-corrected chi connectivity index (χ2v) is 5.49. The van der Waals surface area contributed by atoms with Gasteiger partial charge in [-0.2, -0.15) is 0 Å². The minimum absolute atomic E-state index is 0.438. The van der Waals surface area contributed by atoms with E-state index in [9.17, 15) is 0 Å². The zero-order valence-corrected chi connectivity index (χ0v) is 12.7. The highest BCUT2D eigenvalue weighted by molar-refractivity contribution is 9.10. The Morgan fingerprint density at radius 1 is 1.06 bits per heavy atom. The molecule has 0 N–H and O–H groups in total. The number of alkyl halides is 1. The zero-order valence-electron chi connectivity index (χ0n) is 10.3. The highest BCUT2D eigenvalue weighted by Gasteiger charge is 2.06. The molecule has 0 saturated heterocycles. The molecule has 0 bridgehead atoms. The molecule has 0 fully saturated rings. The molecule has 0 heterocycles. The van der Waals surface area contributed by atoms with E-state index in [2.05, 4.69) is 35.8 Å². The molecule has 0 atom stereocenters. The van der Waals surface area contributed by atoms with E-state index >= 15 is 0 Å². The van der Waals surface area contributed by atoms with Gasteiger partial charge in [0, 0.05) is 10.0 Å². The van der Waals surface area contributed by atoms with Crippen molar-refractivity contribution < 1.29 is 4.74 Å². The maximum absolute atomic E-state index is 5.93. The molecule has 2 rings (SSSR count). The number of halogens is 2. The van der Waals surface area contributed by atoms with Gasteiger partial charge < -0.3 is 4.74 Å². The minimum atomic E-state index is 0.438. The fraction of sp³-hybridized carbons (Fsp3) is 0.200. The number of hydrogen-bond acceptors (Lipinski definition) is 1. The molecule has 94 valence electrons. The van der Waals surface area contributed by atoms with E-state index in [1.165, 1.54) is 11.1 Å². The van der Waals surface area contributed by atoms with Crippen LogP contribution < -0.4 is 4.74 Å². The quantitative estimate of drug-likeness (QED) is 0.668. The highest BCUT2D eigenvalue weighted by Crippen LogP contribution is 2.30. The van der Waals surface area contributed by atoms with Crippen LogP contribution in [0.1, 0.15) is 16.7 Å². The Labute approximate surface area is 121 Å². The SMILES string of the molecule is Cc1cc(C)cc(Oc2cc(Br)ccc2CCl)c1. The average molecular weight is 326 g/mol. The molecule has 0 unspecified atom stereocenters. The summed E-state index contributed by atoms with van der Waals surface area (Å²) in [7, 11) is 0. The second-order valence-electron chi connectivity index (χ2n) is 4.31. The van der Waals surface area contributed by atoms with E-state index in [4.69, 9.17) is 16.3 Å². The first-order valence-corrected chi connectivity index (χ1v) is 7.02. The summed E-state index contributed by atoms with van der Waals surface area (Å²) in [5, 5.41) is 0. The predicted molar refractivity (Wildman–Crippen MR) is 79.7 cm³/mol. The van der Waals surface area contributed by atoms with Crippen molar-refractivity contribution in [3.05, 3.63) is 57.6 Å². The van der Waals surface area contributed by atoms with Crippen LogP contribution in [0, 0.1) is 13.8 Å². The summed E-state index contributed by atoms with van der Waals surface area (Å²) in [5.74, 6) is 2.08. The van der Waals surface area contributed by atoms with E-state index in [-0.39, 0.29) is 0 Å². The molecule has 0 radical (unpaired) electrons. The third-order valence-electron chi connectivity index (χ3n) is 2.60. The third-order valence-corrected chi connectivity index (χ3v) is 3.38. The maximum atomic E-state index is 5.93. The van der Waals surface area contributed by atoms with Crippen LogP contribution in [0.2, 0.25) is 0 Å². The molecule has 3 heteroatoms. The van der Waals surface area contributed by atoms with Gasteiger partial charge in [0.05, 0.1) is 5.88 Å². The summed E-state index contributed by atoms with van der Waals surface area (Å²) in [6.07, 6.45) is 0. The summed E-state index contributed by atoms with van der Waals surface area (Å²) in [4.78, 5) is 0. The van der Waals surface area contributed by atoms with Gasteiger partial charge in [-0.3, -0.25) is 0 Å². The number of hydrogen-bond donors (Lipinski definition) is 0. The van der Waals surface area contributed by atoms with Gasteiger partial charge in [-0.05, 0) is 49.2 Å². The van der Waals surface area contributed by atoms with Gasteiger partial charge in [0.2, 0.25) is 0 Å². The first-order chi connectivity index (χ1) is 8.58. The average Bonchev–Trinajstić information content (AvgIpc) is 2.27. The van der Waals surface area contributed by atoms with Crippen LogP contribution in [0.25, 0.3) is 0 Å². The van der Waals surface area contributed by atoms with Crippen molar-refractivity contribution in [2.45, 2.75) is 19.7 Å². The molecule has 0 spiro atoms. The Morgan fingerprint density at radius 2 is 1.72 bits per heavy atom. The van der Waals surface area contributed by atoms with Gasteiger partial charge >= 0.3 is 0 Å². The molecule has 0 aliphatic carbocycles. The predicted octanol–water partition coefficient (Wildman–Crippen LogP) is 5.60. The third kappa shape index (κ3) is 3.27. The molecular formula is C15H14BrClO. The number of ether oxygens (including phenoxy) is 1. The summed E-state index contributed by atoms with van der Waals surface area (Å²) in [6.45, 7) is 4.12. The monoisotopic (exact) mass is 324 g/mol. The Hall–Kier alpha value is -0.990. The van der Waals surface area contributed by atoms with Crippen molar-refractivity contribution in [3.8, 4) is 11.5 Å². The van der Waals surface area contributed by atoms with Gasteiger partial charge in [0.1, 0.15) is 11.5 Å². The van der Waals surface area contributed by atoms with Crippen LogP contribution in [-0.4, -0.2) is 0 Å². The van der Waals surface area contributed by atoms with E-state index in [0.29, 0.717) is 5.88 Å². The number of benzene rings is 2. The van der Waals surface area contributed by atoms with Gasteiger partial charge in [0.15, 0.2) is 0 Å². The molecule has 1 nitrogen and oxygen atoms in total. The zero-order chi connectivity index (χ0) is 13.1. The molecule has 0 aliphatic heterocycles. The largest absolute Gasteiger partial charge is 0.457 e. The summed E-state index contributed by atoms with van der Waals surface area (Å²) < 4.78 is 6.91. The molecule has 0 saturated carbocycles. The van der Waals surface area contributed by atoms with Crippen LogP contribution in [0.15, 0.2) is 40.9 Å². The van der Waals surface area contributed by atoms with E-state index in [1.54, 1.807) is 0 Å². The first kappa shape index (κ1) is 13.4. The summed E-state index contributed by atoms with van der Waals surface area (Å²) in [6, 6.07) is 12.0. The Bertz CT molecular complexity index is 546. The van der Waals surface area contributed by atoms with Crippen molar-refractivity contribution in [3.63, 3.8) is 0 Å². The second kappa shape index (κ2) is 5.77. The first-order valence-electron chi connectivity index (χ1n) is 5.69. The lowest BCUT2D eigenvalue weighted by molar-refractivity contribution is 0.477. The molecule has 2 aromatic rings. The molecule has 0 aliphatic rings. The smallest absolute Gasteiger partial charge is 0.132 e. The lowest BCUT2D eigenvalue weighted by Crippen LogP contribution is -1.91. The molecule has 2 aromatic carbocycles. The number of aryl methyl sites for hydroxylation is 2. The van der Waals surface area contributed by atoms with Crippen LogP contribution in [0.4, 0.5) is 0 Å². The van der Waals surface area contributed by atoms with Crippen molar-refractivity contribution >= 4 is 27.5 Å². The van der Waals surface area contributed by atoms with Crippen LogP contribution in [-0.2, 0) is 5.88 Å². The highest BCUT2D eigenvalue weighted by atomic mass is 79.9. The summed E-state index contributed by atoms with van der Waals surface area (Å²) in [5.41, 5.74) is 3.36. The van der Waals surface area contributed by atoms with Gasteiger partial charge in [-0.15, -0.1) is 11.6 Å². The van der Waals surface area contributed by atoms with Crippen LogP contribution in [0.5, 0.6) is 11.5 Å². The molecule has 18 heavy (non-hydrogen) atoms. The number of rotatable bonds is 3.